The number of nitrogens with zero attached hydrogens (tertiary/aromatic N) is 2. The predicted octanol–water partition coefficient (Wildman–Crippen LogP) is 2.99. The van der Waals surface area contributed by atoms with Crippen molar-refractivity contribution in [1.82, 2.24) is 10.2 Å². The summed E-state index contributed by atoms with van der Waals surface area (Å²) in [5.74, 6) is 0. The molecule has 0 aliphatic rings. The summed E-state index contributed by atoms with van der Waals surface area (Å²) in [6, 6.07) is 9.17. The molecule has 0 bridgehead atoms. The van der Waals surface area contributed by atoms with Crippen molar-refractivity contribution in [3.63, 3.8) is 0 Å². The molecule has 0 saturated heterocycles. The van der Waals surface area contributed by atoms with E-state index >= 15 is 0 Å². The van der Waals surface area contributed by atoms with Gasteiger partial charge in [-0.3, -0.25) is 0 Å². The lowest BCUT2D eigenvalue weighted by Gasteiger charge is -2.30. The van der Waals surface area contributed by atoms with Gasteiger partial charge in [-0.25, -0.2) is 0 Å². The molecule has 20 heavy (non-hydrogen) atoms. The van der Waals surface area contributed by atoms with Crippen LogP contribution in [-0.2, 0) is 0 Å². The molecule has 0 saturated carbocycles. The van der Waals surface area contributed by atoms with E-state index in [0.717, 1.165) is 13.1 Å². The molecule has 1 N–H and O–H groups in total. The molecule has 3 nitrogen and oxygen atoms in total. The molecule has 1 atom stereocenters. The molecular formula is C17H31N3. The highest BCUT2D eigenvalue weighted by Gasteiger charge is 2.19. The van der Waals surface area contributed by atoms with E-state index in [1.165, 1.54) is 11.3 Å². The van der Waals surface area contributed by atoms with E-state index in [9.17, 15) is 0 Å². The zero-order chi connectivity index (χ0) is 15.3. The van der Waals surface area contributed by atoms with Gasteiger partial charge in [0.15, 0.2) is 0 Å². The van der Waals surface area contributed by atoms with E-state index in [4.69, 9.17) is 0 Å². The molecular weight excluding hydrogens is 246 g/mol. The van der Waals surface area contributed by atoms with Crippen molar-refractivity contribution in [2.75, 3.05) is 46.2 Å². The van der Waals surface area contributed by atoms with E-state index in [2.05, 4.69) is 88.3 Å². The Morgan fingerprint density at radius 3 is 2.05 bits per heavy atom. The molecule has 0 heterocycles. The smallest absolute Gasteiger partial charge is 0.0361 e. The molecule has 0 radical (unpaired) electrons. The minimum absolute atomic E-state index is 0.279. The standard InChI is InChI=1S/C17H31N3/c1-14(18-12-17(2,3)13-19(4)5)15-8-10-16(11-9-15)20(6)7/h8-11,14,18H,12-13H2,1-7H3. The SMILES string of the molecule is CC(NCC(C)(C)CN(C)C)c1ccc(N(C)C)cc1. The van der Waals surface area contributed by atoms with Crippen LogP contribution in [0, 0.1) is 5.41 Å². The maximum Gasteiger partial charge on any atom is 0.0361 e. The van der Waals surface area contributed by atoms with Gasteiger partial charge in [0.25, 0.3) is 0 Å². The summed E-state index contributed by atoms with van der Waals surface area (Å²) in [6.45, 7) is 8.95. The Bertz CT molecular complexity index is 393. The molecule has 0 aliphatic carbocycles. The molecule has 0 aliphatic heterocycles. The van der Waals surface area contributed by atoms with Crippen LogP contribution in [0.25, 0.3) is 0 Å². The molecule has 114 valence electrons. The fraction of sp³-hybridized carbons (Fsp3) is 0.647. The fourth-order valence-corrected chi connectivity index (χ4v) is 2.52. The average Bonchev–Trinajstić information content (AvgIpc) is 2.34. The highest BCUT2D eigenvalue weighted by atomic mass is 15.1. The number of anilines is 1. The van der Waals surface area contributed by atoms with E-state index in [-0.39, 0.29) is 5.41 Å². The maximum atomic E-state index is 3.65. The first kappa shape index (κ1) is 17.0. The zero-order valence-corrected chi connectivity index (χ0v) is 14.2. The lowest BCUT2D eigenvalue weighted by atomic mass is 9.92. The summed E-state index contributed by atoms with van der Waals surface area (Å²) < 4.78 is 0. The van der Waals surface area contributed by atoms with Gasteiger partial charge in [0.1, 0.15) is 0 Å². The van der Waals surface area contributed by atoms with Gasteiger partial charge in [0.05, 0.1) is 0 Å². The van der Waals surface area contributed by atoms with Crippen LogP contribution < -0.4 is 10.2 Å². The van der Waals surface area contributed by atoms with Crippen LogP contribution in [0.3, 0.4) is 0 Å². The van der Waals surface area contributed by atoms with Crippen molar-refractivity contribution < 1.29 is 0 Å². The zero-order valence-electron chi connectivity index (χ0n) is 14.2. The summed E-state index contributed by atoms with van der Waals surface area (Å²) in [7, 11) is 8.40. The minimum Gasteiger partial charge on any atom is -0.378 e. The quantitative estimate of drug-likeness (QED) is 0.826. The molecule has 1 aromatic rings. The summed E-state index contributed by atoms with van der Waals surface area (Å²) in [4.78, 5) is 4.38. The molecule has 0 fully saturated rings. The Labute approximate surface area is 125 Å². The molecule has 0 spiro atoms. The Balaban J connectivity index is 2.56. The number of nitrogens with one attached hydrogen (secondary N) is 1. The Morgan fingerprint density at radius 1 is 1.05 bits per heavy atom. The first-order chi connectivity index (χ1) is 9.21. The number of rotatable bonds is 7. The summed E-state index contributed by atoms with van der Waals surface area (Å²) in [5.41, 5.74) is 2.87. The molecule has 0 aromatic heterocycles. The normalized spacial score (nSPS) is 13.6. The van der Waals surface area contributed by atoms with Gasteiger partial charge in [-0.2, -0.15) is 0 Å². The summed E-state index contributed by atoms with van der Waals surface area (Å²) in [5, 5.41) is 3.65. The average molecular weight is 277 g/mol. The van der Waals surface area contributed by atoms with Gasteiger partial charge in [-0.05, 0) is 44.1 Å². The lowest BCUT2D eigenvalue weighted by Crippen LogP contribution is -2.38. The largest absolute Gasteiger partial charge is 0.378 e. The second-order valence-electron chi connectivity index (χ2n) is 6.99. The highest BCUT2D eigenvalue weighted by Crippen LogP contribution is 2.20. The predicted molar refractivity (Wildman–Crippen MR) is 89.5 cm³/mol. The second-order valence-corrected chi connectivity index (χ2v) is 6.99. The van der Waals surface area contributed by atoms with E-state index in [1.807, 2.05) is 0 Å². The summed E-state index contributed by atoms with van der Waals surface area (Å²) in [6.07, 6.45) is 0. The third kappa shape index (κ3) is 5.51. The molecule has 1 rings (SSSR count). The van der Waals surface area contributed by atoms with E-state index in [0.29, 0.717) is 6.04 Å². The van der Waals surface area contributed by atoms with E-state index in [1.54, 1.807) is 0 Å². The van der Waals surface area contributed by atoms with Gasteiger partial charge in [-0.15, -0.1) is 0 Å². The first-order valence-corrected chi connectivity index (χ1v) is 7.37. The van der Waals surface area contributed by atoms with E-state index < -0.39 is 0 Å². The first-order valence-electron chi connectivity index (χ1n) is 7.37. The third-order valence-corrected chi connectivity index (χ3v) is 3.54. The van der Waals surface area contributed by atoms with Crippen LogP contribution in [0.4, 0.5) is 5.69 Å². The van der Waals surface area contributed by atoms with Gasteiger partial charge in [0, 0.05) is 38.9 Å². The summed E-state index contributed by atoms with van der Waals surface area (Å²) >= 11 is 0. The topological polar surface area (TPSA) is 18.5 Å². The van der Waals surface area contributed by atoms with Crippen molar-refractivity contribution in [2.24, 2.45) is 5.41 Å². The van der Waals surface area contributed by atoms with Crippen molar-refractivity contribution in [1.29, 1.82) is 0 Å². The van der Waals surface area contributed by atoms with Crippen molar-refractivity contribution in [3.8, 4) is 0 Å². The van der Waals surface area contributed by atoms with Crippen LogP contribution in [0.1, 0.15) is 32.4 Å². The lowest BCUT2D eigenvalue weighted by molar-refractivity contribution is 0.227. The van der Waals surface area contributed by atoms with Crippen LogP contribution in [0.5, 0.6) is 0 Å². The van der Waals surface area contributed by atoms with Crippen molar-refractivity contribution in [3.05, 3.63) is 29.8 Å². The fourth-order valence-electron chi connectivity index (χ4n) is 2.52. The van der Waals surface area contributed by atoms with Crippen LogP contribution >= 0.6 is 0 Å². The Morgan fingerprint density at radius 2 is 1.60 bits per heavy atom. The maximum absolute atomic E-state index is 3.65. The molecule has 1 aromatic carbocycles. The van der Waals surface area contributed by atoms with Gasteiger partial charge >= 0.3 is 0 Å². The third-order valence-electron chi connectivity index (χ3n) is 3.54. The highest BCUT2D eigenvalue weighted by molar-refractivity contribution is 5.46. The van der Waals surface area contributed by atoms with Gasteiger partial charge < -0.3 is 15.1 Å². The van der Waals surface area contributed by atoms with Crippen LogP contribution in [-0.4, -0.2) is 46.2 Å². The van der Waals surface area contributed by atoms with Gasteiger partial charge in [-0.1, -0.05) is 26.0 Å². The number of benzene rings is 1. The van der Waals surface area contributed by atoms with Crippen molar-refractivity contribution >= 4 is 5.69 Å². The minimum atomic E-state index is 0.279. The van der Waals surface area contributed by atoms with Gasteiger partial charge in [0.2, 0.25) is 0 Å². The Kier molecular flexibility index (Phi) is 6.03. The van der Waals surface area contributed by atoms with Crippen LogP contribution in [0.2, 0.25) is 0 Å². The number of hydrogen-bond acceptors (Lipinski definition) is 3. The number of hydrogen-bond donors (Lipinski definition) is 1. The molecule has 3 heteroatoms. The molecule has 1 unspecified atom stereocenters. The Hall–Kier alpha value is -1.06. The second kappa shape index (κ2) is 7.09. The monoisotopic (exact) mass is 277 g/mol. The van der Waals surface area contributed by atoms with Crippen molar-refractivity contribution in [2.45, 2.75) is 26.8 Å². The van der Waals surface area contributed by atoms with Crippen LogP contribution in [0.15, 0.2) is 24.3 Å². The molecule has 0 amide bonds.